The van der Waals surface area contributed by atoms with Gasteiger partial charge in [-0.05, 0) is 38.3 Å². The highest BCUT2D eigenvalue weighted by atomic mass is 16.7. The number of ketones is 1. The van der Waals surface area contributed by atoms with Crippen LogP contribution >= 0.6 is 0 Å². The first-order valence-corrected chi connectivity index (χ1v) is 7.06. The third-order valence-electron chi connectivity index (χ3n) is 5.00. The maximum atomic E-state index is 12.2. The van der Waals surface area contributed by atoms with E-state index in [1.807, 2.05) is 19.9 Å². The number of rotatable bonds is 0. The zero-order valence-electron chi connectivity index (χ0n) is 12.2. The first-order valence-electron chi connectivity index (χ1n) is 7.06. The van der Waals surface area contributed by atoms with Gasteiger partial charge in [-0.3, -0.25) is 4.79 Å². The Kier molecular flexibility index (Phi) is 2.61. The van der Waals surface area contributed by atoms with Gasteiger partial charge in [-0.15, -0.1) is 0 Å². The maximum absolute atomic E-state index is 12.2. The van der Waals surface area contributed by atoms with Crippen LogP contribution in [-0.4, -0.2) is 24.8 Å². The Morgan fingerprint density at radius 1 is 1.21 bits per heavy atom. The Morgan fingerprint density at radius 3 is 2.47 bits per heavy atom. The molecule has 3 nitrogen and oxygen atoms in total. The molecule has 0 aromatic carbocycles. The third-order valence-corrected chi connectivity index (χ3v) is 5.00. The van der Waals surface area contributed by atoms with Crippen molar-refractivity contribution in [2.24, 2.45) is 16.7 Å². The number of allylic oxidation sites excluding steroid dienone is 2. The molecular weight excluding hydrogens is 240 g/mol. The monoisotopic (exact) mass is 262 g/mol. The molecule has 19 heavy (non-hydrogen) atoms. The SMILES string of the molecule is C[C@@H]1C=C2C(C)(C)C(=O)C=C[C@]2(C)C2(C1)OCCO2. The van der Waals surface area contributed by atoms with Crippen molar-refractivity contribution in [1.82, 2.24) is 0 Å². The molecule has 2 aliphatic carbocycles. The Bertz CT molecular complexity index is 480. The van der Waals surface area contributed by atoms with E-state index in [0.717, 1.165) is 12.0 Å². The minimum absolute atomic E-state index is 0.165. The Hall–Kier alpha value is -0.930. The fourth-order valence-corrected chi connectivity index (χ4v) is 3.89. The van der Waals surface area contributed by atoms with Crippen molar-refractivity contribution in [1.29, 1.82) is 0 Å². The van der Waals surface area contributed by atoms with Gasteiger partial charge in [-0.2, -0.15) is 0 Å². The second kappa shape index (κ2) is 3.80. The van der Waals surface area contributed by atoms with Crippen LogP contribution in [0, 0.1) is 16.7 Å². The molecule has 0 N–H and O–H groups in total. The topological polar surface area (TPSA) is 35.5 Å². The molecule has 3 aliphatic rings. The largest absolute Gasteiger partial charge is 0.346 e. The summed E-state index contributed by atoms with van der Waals surface area (Å²) in [7, 11) is 0. The molecule has 3 rings (SSSR count). The van der Waals surface area contributed by atoms with Gasteiger partial charge < -0.3 is 9.47 Å². The lowest BCUT2D eigenvalue weighted by Crippen LogP contribution is -2.56. The fourth-order valence-electron chi connectivity index (χ4n) is 3.89. The molecule has 104 valence electrons. The highest BCUT2D eigenvalue weighted by molar-refractivity contribution is 5.98. The average Bonchev–Trinajstić information content (AvgIpc) is 2.79. The summed E-state index contributed by atoms with van der Waals surface area (Å²) < 4.78 is 12.1. The van der Waals surface area contributed by atoms with Crippen LogP contribution in [0.2, 0.25) is 0 Å². The van der Waals surface area contributed by atoms with Crippen molar-refractivity contribution in [3.05, 3.63) is 23.8 Å². The van der Waals surface area contributed by atoms with Crippen molar-refractivity contribution in [2.45, 2.75) is 39.9 Å². The van der Waals surface area contributed by atoms with E-state index >= 15 is 0 Å². The number of ether oxygens (including phenoxy) is 2. The second-order valence-corrected chi connectivity index (χ2v) is 6.74. The minimum Gasteiger partial charge on any atom is -0.346 e. The quantitative estimate of drug-likeness (QED) is 0.630. The van der Waals surface area contributed by atoms with Gasteiger partial charge in [-0.25, -0.2) is 0 Å². The second-order valence-electron chi connectivity index (χ2n) is 6.74. The summed E-state index contributed by atoms with van der Waals surface area (Å²) in [5, 5.41) is 0. The van der Waals surface area contributed by atoms with Crippen molar-refractivity contribution in [2.75, 3.05) is 13.2 Å². The van der Waals surface area contributed by atoms with E-state index in [2.05, 4.69) is 19.9 Å². The highest BCUT2D eigenvalue weighted by Gasteiger charge is 2.60. The summed E-state index contributed by atoms with van der Waals surface area (Å²) in [4.78, 5) is 12.2. The van der Waals surface area contributed by atoms with Crippen molar-refractivity contribution < 1.29 is 14.3 Å². The van der Waals surface area contributed by atoms with Gasteiger partial charge in [0.05, 0.1) is 18.6 Å². The van der Waals surface area contributed by atoms with Crippen LogP contribution in [0.1, 0.15) is 34.1 Å². The molecule has 1 aliphatic heterocycles. The van der Waals surface area contributed by atoms with Crippen LogP contribution in [0.3, 0.4) is 0 Å². The van der Waals surface area contributed by atoms with Gasteiger partial charge in [0.25, 0.3) is 0 Å². The van der Waals surface area contributed by atoms with Gasteiger partial charge in [0.1, 0.15) is 0 Å². The summed E-state index contributed by atoms with van der Waals surface area (Å²) >= 11 is 0. The summed E-state index contributed by atoms with van der Waals surface area (Å²) in [6, 6.07) is 0. The summed E-state index contributed by atoms with van der Waals surface area (Å²) in [6.07, 6.45) is 6.79. The van der Waals surface area contributed by atoms with Crippen LogP contribution in [-0.2, 0) is 14.3 Å². The lowest BCUT2D eigenvalue weighted by atomic mass is 9.56. The van der Waals surface area contributed by atoms with Crippen molar-refractivity contribution >= 4 is 5.78 Å². The van der Waals surface area contributed by atoms with E-state index < -0.39 is 11.2 Å². The third kappa shape index (κ3) is 1.55. The van der Waals surface area contributed by atoms with Crippen LogP contribution in [0.5, 0.6) is 0 Å². The number of hydrogen-bond acceptors (Lipinski definition) is 3. The zero-order valence-corrected chi connectivity index (χ0v) is 12.2. The Balaban J connectivity index is 2.20. The first kappa shape index (κ1) is 13.1. The molecular formula is C16H22O3. The maximum Gasteiger partial charge on any atom is 0.181 e. The van der Waals surface area contributed by atoms with Crippen LogP contribution in [0.4, 0.5) is 0 Å². The lowest BCUT2D eigenvalue weighted by Gasteiger charge is -2.53. The molecule has 1 spiro atoms. The molecule has 0 unspecified atom stereocenters. The standard InChI is InChI=1S/C16H22O3/c1-11-9-12-14(2,3)13(17)5-6-15(12,4)16(10-11)18-7-8-19-16/h5-6,9,11H,7-8,10H2,1-4H3/t11-,15+/m1/s1. The van der Waals surface area contributed by atoms with Gasteiger partial charge >= 0.3 is 0 Å². The highest BCUT2D eigenvalue weighted by Crippen LogP contribution is 2.58. The summed E-state index contributed by atoms with van der Waals surface area (Å²) in [5.74, 6) is -0.0662. The first-order chi connectivity index (χ1) is 8.82. The van der Waals surface area contributed by atoms with Gasteiger partial charge in [0, 0.05) is 11.8 Å². The normalized spacial score (nSPS) is 39.3. The van der Waals surface area contributed by atoms with Gasteiger partial charge in [-0.1, -0.05) is 19.1 Å². The van der Waals surface area contributed by atoms with Crippen LogP contribution < -0.4 is 0 Å². The number of hydrogen-bond donors (Lipinski definition) is 0. The van der Waals surface area contributed by atoms with Crippen molar-refractivity contribution in [3.63, 3.8) is 0 Å². The molecule has 2 atom stereocenters. The lowest BCUT2D eigenvalue weighted by molar-refractivity contribution is -0.224. The molecule has 1 heterocycles. The molecule has 0 aromatic heterocycles. The molecule has 0 amide bonds. The van der Waals surface area contributed by atoms with E-state index in [0.29, 0.717) is 19.1 Å². The number of fused-ring (bicyclic) bond motifs is 2. The number of carbonyl (C=O) groups excluding carboxylic acids is 1. The zero-order chi connectivity index (χ0) is 13.9. The van der Waals surface area contributed by atoms with Gasteiger partial charge in [0.2, 0.25) is 0 Å². The molecule has 1 fully saturated rings. The van der Waals surface area contributed by atoms with Crippen LogP contribution in [0.15, 0.2) is 23.8 Å². The molecule has 0 aromatic rings. The molecule has 0 radical (unpaired) electrons. The molecule has 1 saturated heterocycles. The smallest absolute Gasteiger partial charge is 0.181 e. The fraction of sp³-hybridized carbons (Fsp3) is 0.688. The number of carbonyl (C=O) groups is 1. The average molecular weight is 262 g/mol. The predicted octanol–water partition coefficient (Wildman–Crippen LogP) is 2.87. The minimum atomic E-state index is -0.592. The molecule has 0 saturated carbocycles. The summed E-state index contributed by atoms with van der Waals surface area (Å²) in [6.45, 7) is 9.59. The van der Waals surface area contributed by atoms with Crippen LogP contribution in [0.25, 0.3) is 0 Å². The van der Waals surface area contributed by atoms with Gasteiger partial charge in [0.15, 0.2) is 11.6 Å². The molecule has 0 bridgehead atoms. The predicted molar refractivity (Wildman–Crippen MR) is 72.5 cm³/mol. The van der Waals surface area contributed by atoms with E-state index in [-0.39, 0.29) is 11.2 Å². The Labute approximate surface area is 114 Å². The van der Waals surface area contributed by atoms with E-state index in [1.165, 1.54) is 0 Å². The molecule has 3 heteroatoms. The van der Waals surface area contributed by atoms with E-state index in [9.17, 15) is 4.79 Å². The van der Waals surface area contributed by atoms with Crippen molar-refractivity contribution in [3.8, 4) is 0 Å². The Morgan fingerprint density at radius 2 is 1.84 bits per heavy atom. The summed E-state index contributed by atoms with van der Waals surface area (Å²) in [5.41, 5.74) is 0.335. The van der Waals surface area contributed by atoms with E-state index in [1.54, 1.807) is 6.08 Å². The van der Waals surface area contributed by atoms with E-state index in [4.69, 9.17) is 9.47 Å².